The monoisotopic (exact) mass is 357 g/mol. The van der Waals surface area contributed by atoms with Crippen LogP contribution < -0.4 is 9.88 Å². The van der Waals surface area contributed by atoms with E-state index in [4.69, 9.17) is 23.2 Å². The molecule has 2 aromatic carbocycles. The molecule has 0 unspecified atom stereocenters. The molecular formula is C19H15Cl2N2O+. The fraction of sp³-hybridized carbons (Fsp3) is 0.0526. The van der Waals surface area contributed by atoms with Gasteiger partial charge in [-0.25, -0.2) is 0 Å². The number of hydrogen-bond acceptors (Lipinski definition) is 1. The Morgan fingerprint density at radius 2 is 1.67 bits per heavy atom. The molecule has 0 spiro atoms. The van der Waals surface area contributed by atoms with Crippen molar-refractivity contribution in [1.82, 2.24) is 0 Å². The Morgan fingerprint density at radius 1 is 0.917 bits per heavy atom. The Bertz CT molecular complexity index is 866. The van der Waals surface area contributed by atoms with Gasteiger partial charge in [0.25, 0.3) is 5.91 Å². The molecule has 0 atom stereocenters. The standard InChI is InChI=1S/C19H14Cl2N2O/c20-16-9-4-10-17(19(16)21)22-18(24)13-23-11-5-8-15(12-23)14-6-2-1-3-7-14/h1-12H,13H2/p+1. The number of carbonyl (C=O) groups is 1. The lowest BCUT2D eigenvalue weighted by molar-refractivity contribution is -0.683. The van der Waals surface area contributed by atoms with Crippen LogP contribution in [0.4, 0.5) is 5.69 Å². The van der Waals surface area contributed by atoms with Crippen LogP contribution in [-0.4, -0.2) is 5.91 Å². The number of pyridine rings is 1. The number of nitrogens with one attached hydrogen (secondary N) is 1. The van der Waals surface area contributed by atoms with E-state index < -0.39 is 0 Å². The first-order valence-electron chi connectivity index (χ1n) is 7.42. The van der Waals surface area contributed by atoms with Crippen LogP contribution in [-0.2, 0) is 11.3 Å². The highest BCUT2D eigenvalue weighted by Crippen LogP contribution is 2.29. The number of carbonyl (C=O) groups excluding carboxylic acids is 1. The first kappa shape index (κ1) is 16.5. The molecule has 1 heterocycles. The fourth-order valence-electron chi connectivity index (χ4n) is 2.38. The maximum atomic E-state index is 12.3. The molecular weight excluding hydrogens is 343 g/mol. The molecule has 0 saturated carbocycles. The molecule has 120 valence electrons. The first-order valence-corrected chi connectivity index (χ1v) is 8.17. The summed E-state index contributed by atoms with van der Waals surface area (Å²) >= 11 is 12.0. The summed E-state index contributed by atoms with van der Waals surface area (Å²) in [6, 6.07) is 19.1. The number of rotatable bonds is 4. The van der Waals surface area contributed by atoms with Crippen molar-refractivity contribution in [1.29, 1.82) is 0 Å². The third-order valence-electron chi connectivity index (χ3n) is 3.52. The van der Waals surface area contributed by atoms with Crippen LogP contribution in [0.5, 0.6) is 0 Å². The summed E-state index contributed by atoms with van der Waals surface area (Å²) in [5, 5.41) is 3.54. The minimum atomic E-state index is -0.172. The predicted octanol–water partition coefficient (Wildman–Crippen LogP) is 4.59. The van der Waals surface area contributed by atoms with Gasteiger partial charge in [0.1, 0.15) is 0 Å². The molecule has 0 bridgehead atoms. The van der Waals surface area contributed by atoms with E-state index in [2.05, 4.69) is 5.32 Å². The highest BCUT2D eigenvalue weighted by molar-refractivity contribution is 6.43. The Kier molecular flexibility index (Phi) is 5.14. The Balaban J connectivity index is 1.74. The van der Waals surface area contributed by atoms with Crippen LogP contribution in [0.3, 0.4) is 0 Å². The van der Waals surface area contributed by atoms with Gasteiger partial charge in [0.05, 0.1) is 15.7 Å². The van der Waals surface area contributed by atoms with Gasteiger partial charge in [-0.15, -0.1) is 0 Å². The van der Waals surface area contributed by atoms with Crippen LogP contribution in [0.1, 0.15) is 0 Å². The molecule has 3 rings (SSSR count). The largest absolute Gasteiger partial charge is 0.319 e. The Labute approximate surface area is 150 Å². The van der Waals surface area contributed by atoms with Gasteiger partial charge in [0, 0.05) is 11.6 Å². The van der Waals surface area contributed by atoms with Crippen molar-refractivity contribution in [3.8, 4) is 11.1 Å². The summed E-state index contributed by atoms with van der Waals surface area (Å²) < 4.78 is 1.83. The van der Waals surface area contributed by atoms with Crippen molar-refractivity contribution in [2.24, 2.45) is 0 Å². The topological polar surface area (TPSA) is 33.0 Å². The van der Waals surface area contributed by atoms with E-state index in [1.807, 2.05) is 59.4 Å². The summed E-state index contributed by atoms with van der Waals surface area (Å²) in [6.45, 7) is 0.184. The quantitative estimate of drug-likeness (QED) is 0.680. The molecule has 0 radical (unpaired) electrons. The van der Waals surface area contributed by atoms with Crippen molar-refractivity contribution in [2.45, 2.75) is 6.54 Å². The van der Waals surface area contributed by atoms with E-state index in [9.17, 15) is 4.79 Å². The second-order valence-electron chi connectivity index (χ2n) is 5.28. The van der Waals surface area contributed by atoms with E-state index in [-0.39, 0.29) is 12.5 Å². The number of aromatic nitrogens is 1. The van der Waals surface area contributed by atoms with Crippen LogP contribution in [0.2, 0.25) is 10.0 Å². The van der Waals surface area contributed by atoms with Gasteiger partial charge in [-0.1, -0.05) is 59.6 Å². The summed E-state index contributed by atoms with van der Waals surface area (Å²) in [7, 11) is 0. The van der Waals surface area contributed by atoms with Gasteiger partial charge in [-0.2, -0.15) is 4.57 Å². The normalized spacial score (nSPS) is 10.4. The highest BCUT2D eigenvalue weighted by atomic mass is 35.5. The molecule has 0 aliphatic rings. The van der Waals surface area contributed by atoms with Crippen LogP contribution in [0.15, 0.2) is 73.1 Å². The maximum Gasteiger partial charge on any atom is 0.290 e. The molecule has 1 amide bonds. The van der Waals surface area contributed by atoms with Gasteiger partial charge >= 0.3 is 0 Å². The molecule has 1 aromatic heterocycles. The van der Waals surface area contributed by atoms with E-state index in [1.165, 1.54) is 0 Å². The van der Waals surface area contributed by atoms with E-state index in [0.717, 1.165) is 11.1 Å². The lowest BCUT2D eigenvalue weighted by Gasteiger charge is -2.07. The van der Waals surface area contributed by atoms with Gasteiger partial charge in [0.15, 0.2) is 12.4 Å². The van der Waals surface area contributed by atoms with Crippen molar-refractivity contribution >= 4 is 34.8 Å². The van der Waals surface area contributed by atoms with Gasteiger partial charge in [-0.3, -0.25) is 4.79 Å². The second kappa shape index (κ2) is 7.47. The lowest BCUT2D eigenvalue weighted by Crippen LogP contribution is -2.39. The molecule has 1 N–H and O–H groups in total. The summed E-state index contributed by atoms with van der Waals surface area (Å²) in [5.74, 6) is -0.172. The van der Waals surface area contributed by atoms with Crippen molar-refractivity contribution in [3.63, 3.8) is 0 Å². The van der Waals surface area contributed by atoms with Crippen molar-refractivity contribution < 1.29 is 9.36 Å². The van der Waals surface area contributed by atoms with Gasteiger partial charge < -0.3 is 5.32 Å². The summed E-state index contributed by atoms with van der Waals surface area (Å²) in [6.07, 6.45) is 3.79. The molecule has 5 heteroatoms. The SMILES string of the molecule is O=C(C[n+]1cccc(-c2ccccc2)c1)Nc1cccc(Cl)c1Cl. The third kappa shape index (κ3) is 3.94. The minimum Gasteiger partial charge on any atom is -0.319 e. The minimum absolute atomic E-state index is 0.172. The number of amides is 1. The smallest absolute Gasteiger partial charge is 0.290 e. The average molecular weight is 358 g/mol. The zero-order chi connectivity index (χ0) is 16.9. The number of anilines is 1. The van der Waals surface area contributed by atoms with Crippen LogP contribution in [0.25, 0.3) is 11.1 Å². The van der Waals surface area contributed by atoms with E-state index in [1.54, 1.807) is 18.2 Å². The number of halogens is 2. The number of hydrogen-bond donors (Lipinski definition) is 1. The molecule has 24 heavy (non-hydrogen) atoms. The molecule has 0 aliphatic carbocycles. The molecule has 3 nitrogen and oxygen atoms in total. The fourth-order valence-corrected chi connectivity index (χ4v) is 2.73. The molecule has 0 fully saturated rings. The zero-order valence-electron chi connectivity index (χ0n) is 12.7. The first-order chi connectivity index (χ1) is 11.6. The average Bonchev–Trinajstić information content (AvgIpc) is 2.60. The molecule has 3 aromatic rings. The summed E-state index contributed by atoms with van der Waals surface area (Å²) in [4.78, 5) is 12.3. The summed E-state index contributed by atoms with van der Waals surface area (Å²) in [5.41, 5.74) is 2.66. The van der Waals surface area contributed by atoms with Crippen molar-refractivity contribution in [2.75, 3.05) is 5.32 Å². The highest BCUT2D eigenvalue weighted by Gasteiger charge is 2.13. The van der Waals surface area contributed by atoms with E-state index in [0.29, 0.717) is 15.7 Å². The third-order valence-corrected chi connectivity index (χ3v) is 4.34. The van der Waals surface area contributed by atoms with Crippen LogP contribution >= 0.6 is 23.2 Å². The maximum absolute atomic E-state index is 12.3. The predicted molar refractivity (Wildman–Crippen MR) is 97.2 cm³/mol. The van der Waals surface area contributed by atoms with Gasteiger partial charge in [-0.05, 0) is 23.8 Å². The Hall–Kier alpha value is -2.36. The van der Waals surface area contributed by atoms with Gasteiger partial charge in [0.2, 0.25) is 6.54 Å². The molecule has 0 aliphatic heterocycles. The lowest BCUT2D eigenvalue weighted by atomic mass is 10.1. The Morgan fingerprint density at radius 3 is 2.46 bits per heavy atom. The zero-order valence-corrected chi connectivity index (χ0v) is 14.3. The van der Waals surface area contributed by atoms with Crippen LogP contribution in [0, 0.1) is 0 Å². The second-order valence-corrected chi connectivity index (χ2v) is 6.07. The number of nitrogens with zero attached hydrogens (tertiary/aromatic N) is 1. The molecule has 0 saturated heterocycles. The number of benzene rings is 2. The van der Waals surface area contributed by atoms with Crippen molar-refractivity contribution in [3.05, 3.63) is 83.1 Å². The van der Waals surface area contributed by atoms with E-state index >= 15 is 0 Å².